The molecule has 0 aliphatic carbocycles. The second kappa shape index (κ2) is 6.63. The van der Waals surface area contributed by atoms with Crippen molar-refractivity contribution in [3.8, 4) is 0 Å². The minimum Gasteiger partial charge on any atom is -0.341 e. The summed E-state index contributed by atoms with van der Waals surface area (Å²) in [5, 5.41) is 0. The van der Waals surface area contributed by atoms with Crippen molar-refractivity contribution in [2.75, 3.05) is 31.1 Å². The number of hydrogen-bond acceptors (Lipinski definition) is 4. The third-order valence-electron chi connectivity index (χ3n) is 4.77. The number of anilines is 1. The van der Waals surface area contributed by atoms with Crippen molar-refractivity contribution >= 4 is 11.9 Å². The highest BCUT2D eigenvalue weighted by molar-refractivity contribution is 5.93. The number of nitrogens with zero attached hydrogens (tertiary/aromatic N) is 4. The average molecular weight is 302 g/mol. The Bertz CT molecular complexity index is 516. The van der Waals surface area contributed by atoms with Gasteiger partial charge in [-0.2, -0.15) is 0 Å². The Morgan fingerprint density at radius 2 is 1.68 bits per heavy atom. The number of piperidine rings is 2. The van der Waals surface area contributed by atoms with E-state index in [1.54, 1.807) is 12.4 Å². The largest absolute Gasteiger partial charge is 0.341 e. The van der Waals surface area contributed by atoms with Crippen molar-refractivity contribution in [2.24, 2.45) is 11.8 Å². The molecule has 22 heavy (non-hydrogen) atoms. The maximum atomic E-state index is 12.5. The van der Waals surface area contributed by atoms with Gasteiger partial charge in [0.1, 0.15) is 0 Å². The maximum absolute atomic E-state index is 12.5. The van der Waals surface area contributed by atoms with Gasteiger partial charge < -0.3 is 9.80 Å². The molecule has 2 saturated heterocycles. The molecule has 0 aromatic carbocycles. The molecule has 3 heterocycles. The van der Waals surface area contributed by atoms with E-state index in [0.29, 0.717) is 17.4 Å². The Labute approximate surface area is 132 Å². The molecule has 1 aromatic heterocycles. The summed E-state index contributed by atoms with van der Waals surface area (Å²) in [6.45, 7) is 8.20. The van der Waals surface area contributed by atoms with Crippen molar-refractivity contribution in [2.45, 2.75) is 39.5 Å². The monoisotopic (exact) mass is 302 g/mol. The van der Waals surface area contributed by atoms with Crippen LogP contribution in [0.1, 0.15) is 49.9 Å². The highest BCUT2D eigenvalue weighted by Crippen LogP contribution is 2.21. The van der Waals surface area contributed by atoms with Crippen molar-refractivity contribution in [3.63, 3.8) is 0 Å². The smallest absolute Gasteiger partial charge is 0.257 e. The average Bonchev–Trinajstić information content (AvgIpc) is 2.54. The van der Waals surface area contributed by atoms with Crippen LogP contribution in [0.2, 0.25) is 0 Å². The molecule has 2 unspecified atom stereocenters. The van der Waals surface area contributed by atoms with Gasteiger partial charge in [-0.15, -0.1) is 0 Å². The number of carbonyl (C=O) groups is 1. The van der Waals surface area contributed by atoms with E-state index in [1.807, 2.05) is 4.90 Å². The van der Waals surface area contributed by atoms with E-state index >= 15 is 0 Å². The number of aromatic nitrogens is 2. The lowest BCUT2D eigenvalue weighted by atomic mass is 10.00. The molecule has 1 aromatic rings. The number of likely N-dealkylation sites (tertiary alicyclic amines) is 1. The summed E-state index contributed by atoms with van der Waals surface area (Å²) in [6, 6.07) is 0. The van der Waals surface area contributed by atoms with Crippen LogP contribution >= 0.6 is 0 Å². The highest BCUT2D eigenvalue weighted by atomic mass is 16.2. The first kappa shape index (κ1) is 15.3. The Hall–Kier alpha value is -1.65. The first-order chi connectivity index (χ1) is 10.6. The van der Waals surface area contributed by atoms with Crippen LogP contribution in [0.25, 0.3) is 0 Å². The van der Waals surface area contributed by atoms with Gasteiger partial charge in [-0.3, -0.25) is 4.79 Å². The van der Waals surface area contributed by atoms with Crippen LogP contribution in [0, 0.1) is 11.8 Å². The summed E-state index contributed by atoms with van der Waals surface area (Å²) in [6.07, 6.45) is 8.17. The predicted molar refractivity (Wildman–Crippen MR) is 86.9 cm³/mol. The van der Waals surface area contributed by atoms with E-state index in [2.05, 4.69) is 28.7 Å². The van der Waals surface area contributed by atoms with E-state index in [0.717, 1.165) is 38.5 Å². The van der Waals surface area contributed by atoms with Crippen LogP contribution in [0.15, 0.2) is 12.4 Å². The molecule has 0 N–H and O–H groups in total. The lowest BCUT2D eigenvalue weighted by Crippen LogP contribution is -2.39. The summed E-state index contributed by atoms with van der Waals surface area (Å²) < 4.78 is 0. The van der Waals surface area contributed by atoms with Crippen LogP contribution in [0.3, 0.4) is 0 Å². The molecule has 120 valence electrons. The molecule has 5 heteroatoms. The summed E-state index contributed by atoms with van der Waals surface area (Å²) >= 11 is 0. The Kier molecular flexibility index (Phi) is 4.60. The first-order valence-corrected chi connectivity index (χ1v) is 8.49. The zero-order chi connectivity index (χ0) is 15.5. The minimum absolute atomic E-state index is 0.0742. The van der Waals surface area contributed by atoms with Gasteiger partial charge in [-0.1, -0.05) is 13.8 Å². The molecule has 0 saturated carbocycles. The van der Waals surface area contributed by atoms with Gasteiger partial charge in [0.05, 0.1) is 5.56 Å². The molecule has 2 aliphatic rings. The van der Waals surface area contributed by atoms with Crippen molar-refractivity contribution in [3.05, 3.63) is 18.0 Å². The fourth-order valence-corrected chi connectivity index (χ4v) is 3.52. The highest BCUT2D eigenvalue weighted by Gasteiger charge is 2.23. The third-order valence-corrected chi connectivity index (χ3v) is 4.77. The van der Waals surface area contributed by atoms with Crippen LogP contribution in [-0.4, -0.2) is 47.0 Å². The maximum Gasteiger partial charge on any atom is 0.257 e. The second-order valence-corrected chi connectivity index (χ2v) is 6.96. The SMILES string of the molecule is CC1CCCN(C(=O)c2cnc(N3CCCC(C)C3)nc2)C1. The molecule has 3 rings (SSSR count). The Morgan fingerprint density at radius 1 is 1.05 bits per heavy atom. The lowest BCUT2D eigenvalue weighted by molar-refractivity contribution is 0.0682. The molecular weight excluding hydrogens is 276 g/mol. The zero-order valence-corrected chi connectivity index (χ0v) is 13.7. The van der Waals surface area contributed by atoms with E-state index in [-0.39, 0.29) is 5.91 Å². The molecule has 5 nitrogen and oxygen atoms in total. The van der Waals surface area contributed by atoms with Crippen molar-refractivity contribution in [1.29, 1.82) is 0 Å². The third kappa shape index (κ3) is 3.39. The topological polar surface area (TPSA) is 49.3 Å². The standard InChI is InChI=1S/C17H26N4O/c1-13-5-3-7-20(11-13)16(22)15-9-18-17(19-10-15)21-8-4-6-14(2)12-21/h9-10,13-14H,3-8,11-12H2,1-2H3. The molecular formula is C17H26N4O. The summed E-state index contributed by atoms with van der Waals surface area (Å²) in [5.74, 6) is 2.11. The molecule has 2 aliphatic heterocycles. The van der Waals surface area contributed by atoms with E-state index in [4.69, 9.17) is 0 Å². The lowest BCUT2D eigenvalue weighted by Gasteiger charge is -2.32. The fraction of sp³-hybridized carbons (Fsp3) is 0.706. The molecule has 1 amide bonds. The van der Waals surface area contributed by atoms with Crippen LogP contribution in [0.5, 0.6) is 0 Å². The Balaban J connectivity index is 1.67. The van der Waals surface area contributed by atoms with E-state index in [1.165, 1.54) is 19.3 Å². The molecule has 0 bridgehead atoms. The van der Waals surface area contributed by atoms with Gasteiger partial charge in [0.15, 0.2) is 0 Å². The first-order valence-electron chi connectivity index (χ1n) is 8.49. The van der Waals surface area contributed by atoms with Crippen LogP contribution in [0.4, 0.5) is 5.95 Å². The predicted octanol–water partition coefficient (Wildman–Crippen LogP) is 2.59. The number of hydrogen-bond donors (Lipinski definition) is 0. The van der Waals surface area contributed by atoms with Gasteiger partial charge in [0, 0.05) is 38.6 Å². The summed E-state index contributed by atoms with van der Waals surface area (Å²) in [4.78, 5) is 25.6. The normalized spacial score (nSPS) is 26.1. The Morgan fingerprint density at radius 3 is 2.32 bits per heavy atom. The number of carbonyl (C=O) groups excluding carboxylic acids is 1. The van der Waals surface area contributed by atoms with Crippen molar-refractivity contribution < 1.29 is 4.79 Å². The van der Waals surface area contributed by atoms with Gasteiger partial charge in [0.2, 0.25) is 5.95 Å². The summed E-state index contributed by atoms with van der Waals surface area (Å²) in [7, 11) is 0. The van der Waals surface area contributed by atoms with Crippen LogP contribution < -0.4 is 4.90 Å². The zero-order valence-electron chi connectivity index (χ0n) is 13.7. The van der Waals surface area contributed by atoms with Crippen molar-refractivity contribution in [1.82, 2.24) is 14.9 Å². The van der Waals surface area contributed by atoms with Gasteiger partial charge >= 0.3 is 0 Å². The van der Waals surface area contributed by atoms with Gasteiger partial charge in [0.25, 0.3) is 5.91 Å². The molecule has 0 spiro atoms. The van der Waals surface area contributed by atoms with Gasteiger partial charge in [-0.05, 0) is 37.5 Å². The van der Waals surface area contributed by atoms with Gasteiger partial charge in [-0.25, -0.2) is 9.97 Å². The second-order valence-electron chi connectivity index (χ2n) is 6.96. The molecule has 2 fully saturated rings. The summed E-state index contributed by atoms with van der Waals surface area (Å²) in [5.41, 5.74) is 0.614. The quantitative estimate of drug-likeness (QED) is 0.842. The number of amides is 1. The van der Waals surface area contributed by atoms with E-state index < -0.39 is 0 Å². The molecule has 0 radical (unpaired) electrons. The van der Waals surface area contributed by atoms with Crippen LogP contribution in [-0.2, 0) is 0 Å². The van der Waals surface area contributed by atoms with E-state index in [9.17, 15) is 4.79 Å². The number of rotatable bonds is 2. The molecule has 2 atom stereocenters. The fourth-order valence-electron chi connectivity index (χ4n) is 3.52. The minimum atomic E-state index is 0.0742.